The summed E-state index contributed by atoms with van der Waals surface area (Å²) in [5, 5.41) is 7.55. The molecule has 0 atom stereocenters. The number of nitrogen functional groups attached to an aromatic ring is 2. The van der Waals surface area contributed by atoms with Gasteiger partial charge in [0, 0.05) is 0 Å². The summed E-state index contributed by atoms with van der Waals surface area (Å²) in [7, 11) is 0. The highest BCUT2D eigenvalue weighted by Gasteiger charge is 2.02. The van der Waals surface area contributed by atoms with Crippen LogP contribution in [0.3, 0.4) is 0 Å². The van der Waals surface area contributed by atoms with Gasteiger partial charge < -0.3 is 11.2 Å². The van der Waals surface area contributed by atoms with Crippen molar-refractivity contribution < 1.29 is 0 Å². The molecule has 0 amide bonds. The Balaban J connectivity index is 0.000000153. The van der Waals surface area contributed by atoms with E-state index in [0.29, 0.717) is 11.8 Å². The van der Waals surface area contributed by atoms with E-state index in [-0.39, 0.29) is 0 Å². The van der Waals surface area contributed by atoms with Crippen molar-refractivity contribution in [1.29, 1.82) is 0 Å². The number of nitrogens with one attached hydrogen (secondary N) is 1. The van der Waals surface area contributed by atoms with E-state index in [0.717, 1.165) is 24.1 Å². The number of rotatable bonds is 1. The normalized spacial score (nSPS) is 9.75. The monoisotopic (exact) mass is 634 g/mol. The number of anilines is 2. The van der Waals surface area contributed by atoms with Crippen molar-refractivity contribution in [2.24, 2.45) is 5.84 Å². The summed E-state index contributed by atoms with van der Waals surface area (Å²) in [6, 6.07) is 16.8. The molecule has 0 unspecified atom stereocenters. The molecule has 8 nitrogen and oxygen atoms in total. The molecule has 4 aromatic rings. The van der Waals surface area contributed by atoms with Crippen LogP contribution >= 0.6 is 63.7 Å². The Labute approximate surface area is 194 Å². The third kappa shape index (κ3) is 7.09. The smallest absolute Gasteiger partial charge is 0.227 e. The Morgan fingerprint density at radius 3 is 1.79 bits per heavy atom. The summed E-state index contributed by atoms with van der Waals surface area (Å²) >= 11 is 13.0. The average Bonchev–Trinajstić information content (AvgIpc) is 3.05. The van der Waals surface area contributed by atoms with Gasteiger partial charge >= 0.3 is 0 Å². The fraction of sp³-hybridized carbons (Fsp3) is 0. The first-order valence-electron chi connectivity index (χ1n) is 7.53. The van der Waals surface area contributed by atoms with Crippen LogP contribution in [-0.2, 0) is 0 Å². The van der Waals surface area contributed by atoms with Crippen LogP contribution in [0.25, 0.3) is 5.65 Å². The minimum atomic E-state index is 0.396. The van der Waals surface area contributed by atoms with E-state index in [9.17, 15) is 0 Å². The van der Waals surface area contributed by atoms with Gasteiger partial charge in [0.25, 0.3) is 0 Å². The summed E-state index contributed by atoms with van der Waals surface area (Å²) in [6.07, 6.45) is 0. The van der Waals surface area contributed by atoms with Crippen molar-refractivity contribution in [3.63, 3.8) is 0 Å². The molecule has 28 heavy (non-hydrogen) atoms. The quantitative estimate of drug-likeness (QED) is 0.156. The second-order valence-corrected chi connectivity index (χ2v) is 8.12. The number of halogens is 4. The predicted octanol–water partition coefficient (Wildman–Crippen LogP) is 4.81. The van der Waals surface area contributed by atoms with Gasteiger partial charge in [0.2, 0.25) is 5.95 Å². The number of hydrazine groups is 1. The molecule has 0 saturated carbocycles. The zero-order valence-electron chi connectivity index (χ0n) is 14.1. The van der Waals surface area contributed by atoms with Gasteiger partial charge in [-0.2, -0.15) is 0 Å². The first-order chi connectivity index (χ1) is 13.4. The fourth-order valence-corrected chi connectivity index (χ4v) is 3.58. The lowest BCUT2D eigenvalue weighted by Gasteiger charge is -1.95. The molecule has 0 aliphatic rings. The molecular weight excluding hydrogens is 624 g/mol. The molecular formula is C16H14Br4N8. The lowest BCUT2D eigenvalue weighted by molar-refractivity contribution is 1.11. The Morgan fingerprint density at radius 2 is 1.32 bits per heavy atom. The third-order valence-corrected chi connectivity index (χ3v) is 4.89. The van der Waals surface area contributed by atoms with Crippen LogP contribution in [0, 0.1) is 0 Å². The zero-order valence-corrected chi connectivity index (χ0v) is 20.4. The van der Waals surface area contributed by atoms with Crippen molar-refractivity contribution in [3.8, 4) is 0 Å². The number of pyridine rings is 3. The molecule has 0 spiro atoms. The van der Waals surface area contributed by atoms with Crippen molar-refractivity contribution in [1.82, 2.24) is 24.6 Å². The maximum absolute atomic E-state index is 5.54. The van der Waals surface area contributed by atoms with E-state index < -0.39 is 0 Å². The SMILES string of the molecule is Brc1cccc(Br)n1.NNc1cccc(Br)n1.Nc1nnc2cccc(Br)n12. The Morgan fingerprint density at radius 1 is 0.750 bits per heavy atom. The van der Waals surface area contributed by atoms with Gasteiger partial charge in [-0.05, 0) is 100 Å². The summed E-state index contributed by atoms with van der Waals surface area (Å²) in [5.74, 6) is 6.14. The van der Waals surface area contributed by atoms with E-state index in [4.69, 9.17) is 11.6 Å². The van der Waals surface area contributed by atoms with Crippen LogP contribution < -0.4 is 17.0 Å². The summed E-state index contributed by atoms with van der Waals surface area (Å²) < 4.78 is 5.06. The lowest BCUT2D eigenvalue weighted by atomic mass is 10.5. The maximum Gasteiger partial charge on any atom is 0.227 e. The molecule has 4 rings (SSSR count). The van der Waals surface area contributed by atoms with Gasteiger partial charge in [0.15, 0.2) is 5.65 Å². The standard InChI is InChI=1S/C6H5BrN4.C5H3Br2N.C5H6BrN3/c7-4-2-1-3-5-9-10-6(8)11(4)5;6-4-2-1-3-5(7)8-4;6-4-2-1-3-5(8-4)9-7/h1-3H,(H2,8,10);1-3H;1-3H,7H2,(H,8,9). The van der Waals surface area contributed by atoms with Crippen LogP contribution in [0.15, 0.2) is 73.0 Å². The summed E-state index contributed by atoms with van der Waals surface area (Å²) in [6.45, 7) is 0. The van der Waals surface area contributed by atoms with E-state index in [2.05, 4.69) is 89.3 Å². The van der Waals surface area contributed by atoms with E-state index >= 15 is 0 Å². The Kier molecular flexibility index (Phi) is 9.25. The Hall–Kier alpha value is -1.60. The Bertz CT molecular complexity index is 1020. The van der Waals surface area contributed by atoms with Crippen LogP contribution in [0.4, 0.5) is 11.8 Å². The molecule has 146 valence electrons. The highest BCUT2D eigenvalue weighted by atomic mass is 79.9. The number of nitrogens with two attached hydrogens (primary N) is 2. The van der Waals surface area contributed by atoms with Crippen LogP contribution in [0.1, 0.15) is 0 Å². The van der Waals surface area contributed by atoms with Gasteiger partial charge in [-0.25, -0.2) is 15.8 Å². The minimum absolute atomic E-state index is 0.396. The second-order valence-electron chi connectivity index (χ2n) is 4.87. The molecule has 0 fully saturated rings. The largest absolute Gasteiger partial charge is 0.368 e. The molecule has 0 aromatic carbocycles. The number of hydrogen-bond acceptors (Lipinski definition) is 7. The molecule has 4 aromatic heterocycles. The zero-order chi connectivity index (χ0) is 20.5. The minimum Gasteiger partial charge on any atom is -0.368 e. The molecule has 4 heterocycles. The van der Waals surface area contributed by atoms with Crippen molar-refractivity contribution in [2.75, 3.05) is 11.2 Å². The first-order valence-corrected chi connectivity index (χ1v) is 10.7. The molecule has 0 aliphatic heterocycles. The molecule has 0 saturated heterocycles. The first kappa shape index (κ1) is 22.7. The van der Waals surface area contributed by atoms with Crippen LogP contribution in [-0.4, -0.2) is 24.6 Å². The van der Waals surface area contributed by atoms with Gasteiger partial charge in [-0.1, -0.05) is 18.2 Å². The topological polar surface area (TPSA) is 120 Å². The molecule has 12 heteroatoms. The summed E-state index contributed by atoms with van der Waals surface area (Å²) in [4.78, 5) is 7.98. The van der Waals surface area contributed by atoms with Crippen molar-refractivity contribution in [2.45, 2.75) is 0 Å². The molecule has 0 bridgehead atoms. The second kappa shape index (κ2) is 11.4. The highest BCUT2D eigenvalue weighted by molar-refractivity contribution is 9.11. The predicted molar refractivity (Wildman–Crippen MR) is 124 cm³/mol. The number of nitrogens with zero attached hydrogens (tertiary/aromatic N) is 5. The number of hydrogen-bond donors (Lipinski definition) is 3. The average molecular weight is 638 g/mol. The van der Waals surface area contributed by atoms with Crippen LogP contribution in [0.5, 0.6) is 0 Å². The lowest BCUT2D eigenvalue weighted by Crippen LogP contribution is -2.07. The third-order valence-electron chi connectivity index (χ3n) is 2.95. The van der Waals surface area contributed by atoms with Gasteiger partial charge in [-0.15, -0.1) is 10.2 Å². The molecule has 0 radical (unpaired) electrons. The van der Waals surface area contributed by atoms with Crippen molar-refractivity contribution >= 4 is 81.1 Å². The highest BCUT2D eigenvalue weighted by Crippen LogP contribution is 2.14. The molecule has 0 aliphatic carbocycles. The van der Waals surface area contributed by atoms with Gasteiger partial charge in [0.1, 0.15) is 19.6 Å². The van der Waals surface area contributed by atoms with E-state index in [1.54, 1.807) is 10.5 Å². The van der Waals surface area contributed by atoms with E-state index in [1.807, 2.05) is 48.5 Å². The molecule has 5 N–H and O–H groups in total. The maximum atomic E-state index is 5.54. The van der Waals surface area contributed by atoms with Crippen LogP contribution in [0.2, 0.25) is 0 Å². The van der Waals surface area contributed by atoms with Gasteiger partial charge in [0.05, 0.1) is 4.60 Å². The van der Waals surface area contributed by atoms with E-state index in [1.165, 1.54) is 0 Å². The summed E-state index contributed by atoms with van der Waals surface area (Å²) in [5.41, 5.74) is 8.71. The fourth-order valence-electron chi connectivity index (χ4n) is 1.80. The van der Waals surface area contributed by atoms with Gasteiger partial charge in [-0.3, -0.25) is 4.40 Å². The van der Waals surface area contributed by atoms with Crippen molar-refractivity contribution in [3.05, 3.63) is 73.0 Å². The number of aromatic nitrogens is 5. The number of fused-ring (bicyclic) bond motifs is 1.